The summed E-state index contributed by atoms with van der Waals surface area (Å²) >= 11 is 0. The third kappa shape index (κ3) is 37.2. The second kappa shape index (κ2) is 38.1. The summed E-state index contributed by atoms with van der Waals surface area (Å²) in [6.45, 7) is 2.80. The minimum absolute atomic E-state index is 0.163. The van der Waals surface area contributed by atoms with Gasteiger partial charge >= 0.3 is 25.7 Å². The number of unbranched alkanes of at least 4 members (excludes halogenated alkanes) is 25. The van der Waals surface area contributed by atoms with E-state index in [1.807, 2.05) is 0 Å². The first kappa shape index (κ1) is 52.2. The smallest absolute Gasteiger partial charge is 0.472 e. The Kier molecular flexibility index (Phi) is 36.9. The van der Waals surface area contributed by atoms with Crippen molar-refractivity contribution in [1.82, 2.24) is 0 Å². The molecule has 0 saturated carbocycles. The Labute approximate surface area is 328 Å². The third-order valence-corrected chi connectivity index (χ3v) is 10.5. The van der Waals surface area contributed by atoms with Crippen molar-refractivity contribution in [2.75, 3.05) is 19.8 Å². The van der Waals surface area contributed by atoms with Gasteiger partial charge in [-0.25, -0.2) is 4.57 Å². The van der Waals surface area contributed by atoms with Gasteiger partial charge in [-0.1, -0.05) is 167 Å². The van der Waals surface area contributed by atoms with Crippen LogP contribution in [0, 0.1) is 0 Å². The molecule has 0 aliphatic heterocycles. The van der Waals surface area contributed by atoms with Gasteiger partial charge in [0.05, 0.1) is 13.2 Å². The molecule has 0 aliphatic carbocycles. The van der Waals surface area contributed by atoms with E-state index in [0.29, 0.717) is 12.8 Å². The maximum Gasteiger partial charge on any atom is 0.472 e. The molecule has 318 valence electrons. The van der Waals surface area contributed by atoms with Crippen molar-refractivity contribution in [2.45, 2.75) is 219 Å². The van der Waals surface area contributed by atoms with E-state index in [9.17, 15) is 23.8 Å². The second-order valence-corrected chi connectivity index (χ2v) is 16.3. The maximum absolute atomic E-state index is 12.6. The molecule has 12 heteroatoms. The van der Waals surface area contributed by atoms with Crippen LogP contribution in [0.15, 0.2) is 12.2 Å². The number of aliphatic carboxylic acids is 1. The van der Waals surface area contributed by atoms with Crippen LogP contribution in [0.3, 0.4) is 0 Å². The number of nitrogens with two attached hydrogens (primary N) is 1. The van der Waals surface area contributed by atoms with Gasteiger partial charge in [0.15, 0.2) is 6.10 Å². The molecule has 0 heterocycles. The van der Waals surface area contributed by atoms with Gasteiger partial charge in [0.25, 0.3) is 0 Å². The van der Waals surface area contributed by atoms with Gasteiger partial charge in [-0.15, -0.1) is 0 Å². The number of phosphoric ester groups is 1. The van der Waals surface area contributed by atoms with Gasteiger partial charge in [0.1, 0.15) is 12.6 Å². The predicted octanol–water partition coefficient (Wildman–Crippen LogP) is 11.3. The molecule has 0 aromatic rings. The topological polar surface area (TPSA) is 172 Å². The van der Waals surface area contributed by atoms with Crippen molar-refractivity contribution in [3.8, 4) is 0 Å². The lowest BCUT2D eigenvalue weighted by Crippen LogP contribution is -2.34. The van der Waals surface area contributed by atoms with E-state index in [1.54, 1.807) is 0 Å². The number of hydrogen-bond acceptors (Lipinski definition) is 9. The molecule has 0 fully saturated rings. The number of allylic oxidation sites excluding steroid dienone is 2. The molecule has 11 nitrogen and oxygen atoms in total. The lowest BCUT2D eigenvalue weighted by Gasteiger charge is -2.20. The molecular formula is C42H80NO10P. The Morgan fingerprint density at radius 3 is 1.39 bits per heavy atom. The number of ether oxygens (including phenoxy) is 2. The van der Waals surface area contributed by atoms with Crippen LogP contribution in [-0.2, 0) is 37.5 Å². The lowest BCUT2D eigenvalue weighted by atomic mass is 10.0. The maximum atomic E-state index is 12.6. The van der Waals surface area contributed by atoms with Crippen molar-refractivity contribution in [1.29, 1.82) is 0 Å². The summed E-state index contributed by atoms with van der Waals surface area (Å²) in [6, 6.07) is -1.52. The molecule has 4 N–H and O–H groups in total. The van der Waals surface area contributed by atoms with Crippen LogP contribution in [0.1, 0.15) is 206 Å². The first-order valence-corrected chi connectivity index (χ1v) is 23.2. The Morgan fingerprint density at radius 2 is 0.926 bits per heavy atom. The first-order valence-electron chi connectivity index (χ1n) is 21.7. The number of esters is 2. The second-order valence-electron chi connectivity index (χ2n) is 14.8. The molecule has 0 saturated heterocycles. The van der Waals surface area contributed by atoms with Crippen molar-refractivity contribution < 1.29 is 47.5 Å². The highest BCUT2D eigenvalue weighted by Gasteiger charge is 2.28. The molecule has 1 unspecified atom stereocenters. The Balaban J connectivity index is 4.37. The summed E-state index contributed by atoms with van der Waals surface area (Å²) in [4.78, 5) is 45.9. The number of rotatable bonds is 41. The van der Waals surface area contributed by atoms with Gasteiger partial charge in [-0.3, -0.25) is 23.4 Å². The van der Waals surface area contributed by atoms with E-state index >= 15 is 0 Å². The fraction of sp³-hybridized carbons (Fsp3) is 0.881. The fourth-order valence-electron chi connectivity index (χ4n) is 6.06. The molecule has 3 atom stereocenters. The Bertz CT molecular complexity index is 979. The SMILES string of the molecule is CCCCCCCCCCC/C=C/CCCCC(=O)OC[C@H](COP(=O)(O)OC[C@H](N)C(=O)O)OC(=O)CCCCCCCCCCCCCCCCC. The normalized spacial score (nSPS) is 13.9. The average Bonchev–Trinajstić information content (AvgIpc) is 3.14. The molecule has 0 bridgehead atoms. The summed E-state index contributed by atoms with van der Waals surface area (Å²) in [5.41, 5.74) is 5.33. The van der Waals surface area contributed by atoms with Gasteiger partial charge in [0.2, 0.25) is 0 Å². The Morgan fingerprint density at radius 1 is 0.556 bits per heavy atom. The summed E-state index contributed by atoms with van der Waals surface area (Å²) in [5.74, 6) is -2.39. The first-order chi connectivity index (χ1) is 26.1. The summed E-state index contributed by atoms with van der Waals surface area (Å²) in [7, 11) is -4.71. The molecule has 0 aliphatic rings. The standard InChI is InChI=1S/C42H80NO10P/c1-3-5-7-9-11-13-15-17-19-21-23-25-27-29-31-33-40(44)50-35-38(36-51-54(48,49)52-37-39(43)42(46)47)53-41(45)34-32-30-28-26-24-22-20-18-16-14-12-10-8-6-4-2/h23,25,38-39H,3-22,24,26-37,43H2,1-2H3,(H,46,47)(H,48,49)/b25-23+/t38-,39+/m1/s1. The highest BCUT2D eigenvalue weighted by Crippen LogP contribution is 2.43. The fourth-order valence-corrected chi connectivity index (χ4v) is 6.84. The summed E-state index contributed by atoms with van der Waals surface area (Å²) in [5, 5.41) is 8.88. The Hall–Kier alpha value is -1.78. The summed E-state index contributed by atoms with van der Waals surface area (Å²) in [6.07, 6.45) is 37.0. The molecule has 0 spiro atoms. The zero-order valence-electron chi connectivity index (χ0n) is 34.3. The molecule has 0 amide bonds. The molecule has 0 aromatic carbocycles. The van der Waals surface area contributed by atoms with Gasteiger partial charge in [-0.2, -0.15) is 0 Å². The number of hydrogen-bond donors (Lipinski definition) is 3. The molecule has 54 heavy (non-hydrogen) atoms. The van der Waals surface area contributed by atoms with Crippen LogP contribution in [0.4, 0.5) is 0 Å². The number of carboxylic acid groups (broad SMARTS) is 1. The monoisotopic (exact) mass is 790 g/mol. The van der Waals surface area contributed by atoms with E-state index in [2.05, 4.69) is 30.5 Å². The quantitative estimate of drug-likeness (QED) is 0.0233. The van der Waals surface area contributed by atoms with Crippen LogP contribution in [0.25, 0.3) is 0 Å². The number of carbonyl (C=O) groups is 3. The molecule has 0 aromatic heterocycles. The van der Waals surface area contributed by atoms with Gasteiger partial charge in [0, 0.05) is 12.8 Å². The van der Waals surface area contributed by atoms with Crippen molar-refractivity contribution in [2.24, 2.45) is 5.73 Å². The van der Waals surface area contributed by atoms with E-state index < -0.39 is 51.1 Å². The third-order valence-electron chi connectivity index (χ3n) is 9.51. The number of carboxylic acids is 1. The van der Waals surface area contributed by atoms with E-state index in [0.717, 1.165) is 38.5 Å². The van der Waals surface area contributed by atoms with Crippen LogP contribution in [-0.4, -0.2) is 59.9 Å². The van der Waals surface area contributed by atoms with Crippen molar-refractivity contribution >= 4 is 25.7 Å². The largest absolute Gasteiger partial charge is 0.480 e. The highest BCUT2D eigenvalue weighted by atomic mass is 31.2. The molecule has 0 rings (SSSR count). The number of carbonyl (C=O) groups excluding carboxylic acids is 2. The van der Waals surface area contributed by atoms with E-state index in [4.69, 9.17) is 24.8 Å². The highest BCUT2D eigenvalue weighted by molar-refractivity contribution is 7.47. The van der Waals surface area contributed by atoms with Crippen LogP contribution in [0.2, 0.25) is 0 Å². The van der Waals surface area contributed by atoms with Crippen molar-refractivity contribution in [3.63, 3.8) is 0 Å². The molecule has 0 radical (unpaired) electrons. The van der Waals surface area contributed by atoms with Crippen molar-refractivity contribution in [3.05, 3.63) is 12.2 Å². The van der Waals surface area contributed by atoms with Crippen LogP contribution in [0.5, 0.6) is 0 Å². The number of phosphoric acid groups is 1. The van der Waals surface area contributed by atoms with Crippen LogP contribution >= 0.6 is 7.82 Å². The summed E-state index contributed by atoms with van der Waals surface area (Å²) < 4.78 is 32.7. The minimum atomic E-state index is -4.71. The molecular weight excluding hydrogens is 709 g/mol. The zero-order valence-corrected chi connectivity index (χ0v) is 35.2. The van der Waals surface area contributed by atoms with Crippen LogP contribution < -0.4 is 5.73 Å². The average molecular weight is 790 g/mol. The van der Waals surface area contributed by atoms with E-state index in [1.165, 1.54) is 128 Å². The predicted molar refractivity (Wildman–Crippen MR) is 217 cm³/mol. The lowest BCUT2D eigenvalue weighted by molar-refractivity contribution is -0.161. The van der Waals surface area contributed by atoms with Gasteiger partial charge in [-0.05, 0) is 38.5 Å². The minimum Gasteiger partial charge on any atom is -0.480 e. The van der Waals surface area contributed by atoms with E-state index in [-0.39, 0.29) is 19.4 Å². The zero-order chi connectivity index (χ0) is 40.0. The van der Waals surface area contributed by atoms with Gasteiger partial charge < -0.3 is 25.2 Å².